The first-order valence-electron chi connectivity index (χ1n) is 10.3. The zero-order valence-corrected chi connectivity index (χ0v) is 18.7. The number of pyridine rings is 1. The molecular weight excluding hydrogens is 491 g/mol. The number of nitrogens with one attached hydrogen (secondary N) is 2. The molecule has 1 saturated carbocycles. The first kappa shape index (κ1) is 22.7. The highest BCUT2D eigenvalue weighted by molar-refractivity contribution is 9.10. The predicted octanol–water partition coefficient (Wildman–Crippen LogP) is 4.36. The highest BCUT2D eigenvalue weighted by Gasteiger charge is 2.32. The Morgan fingerprint density at radius 2 is 1.97 bits per heavy atom. The Bertz CT molecular complexity index is 1150. The van der Waals surface area contributed by atoms with Crippen LogP contribution in [0.25, 0.3) is 11.2 Å². The van der Waals surface area contributed by atoms with E-state index in [1.165, 1.54) is 22.8 Å². The van der Waals surface area contributed by atoms with Crippen molar-refractivity contribution >= 4 is 32.9 Å². The van der Waals surface area contributed by atoms with Crippen LogP contribution in [-0.4, -0.2) is 33.5 Å². The van der Waals surface area contributed by atoms with E-state index in [1.807, 2.05) is 0 Å². The Kier molecular flexibility index (Phi) is 6.47. The summed E-state index contributed by atoms with van der Waals surface area (Å²) in [5.41, 5.74) is 6.53. The number of aromatic nitrogens is 3. The summed E-state index contributed by atoms with van der Waals surface area (Å²) in [5.74, 6) is 0.734. The molecule has 4 N–H and O–H groups in total. The summed E-state index contributed by atoms with van der Waals surface area (Å²) in [5, 5.41) is 3.31. The van der Waals surface area contributed by atoms with Gasteiger partial charge in [-0.25, -0.2) is 9.78 Å². The highest BCUT2D eigenvalue weighted by atomic mass is 79.9. The van der Waals surface area contributed by atoms with Gasteiger partial charge in [-0.3, -0.25) is 4.57 Å². The molecule has 0 spiro atoms. The second kappa shape index (κ2) is 9.14. The molecular formula is C21H23BrF3N5O2. The molecule has 7 nitrogen and oxygen atoms in total. The number of aromatic amines is 1. The number of nitrogens with zero attached hydrogens (tertiary/aromatic N) is 2. The maximum atomic E-state index is 12.8. The smallest absolute Gasteiger partial charge is 0.405 e. The summed E-state index contributed by atoms with van der Waals surface area (Å²) < 4.78 is 44.4. The van der Waals surface area contributed by atoms with E-state index in [4.69, 9.17) is 5.73 Å². The molecule has 0 saturated heterocycles. The summed E-state index contributed by atoms with van der Waals surface area (Å²) in [7, 11) is 0. The number of H-pyrrole nitrogens is 1. The first-order valence-corrected chi connectivity index (χ1v) is 11.1. The summed E-state index contributed by atoms with van der Waals surface area (Å²) in [6.45, 7) is 0.607. The lowest BCUT2D eigenvalue weighted by Crippen LogP contribution is -2.29. The Morgan fingerprint density at radius 1 is 1.22 bits per heavy atom. The van der Waals surface area contributed by atoms with E-state index in [0.29, 0.717) is 27.4 Å². The van der Waals surface area contributed by atoms with E-state index < -0.39 is 12.1 Å². The minimum atomic E-state index is -4.84. The van der Waals surface area contributed by atoms with Gasteiger partial charge in [-0.05, 0) is 61.9 Å². The SMILES string of the molecule is NC1CCC(CNc2ccc3[nH]c(=O)n(Cc4cc(Br)ccc4OC(F)(F)F)c3n2)CC1. The maximum Gasteiger partial charge on any atom is 0.573 e. The van der Waals surface area contributed by atoms with Crippen molar-refractivity contribution < 1.29 is 17.9 Å². The Morgan fingerprint density at radius 3 is 2.69 bits per heavy atom. The van der Waals surface area contributed by atoms with E-state index in [9.17, 15) is 18.0 Å². The minimum absolute atomic E-state index is 0.138. The molecule has 0 radical (unpaired) electrons. The standard InChI is InChI=1S/C21H23BrF3N5O2/c22-14-3-7-17(32-21(23,24)25)13(9-14)11-30-19-16(28-20(30)31)6-8-18(29-19)27-10-12-1-4-15(26)5-2-12/h3,6-9,12,15H,1-2,4-5,10-11,26H2,(H,27,29)(H,28,31). The number of imidazole rings is 1. The van der Waals surface area contributed by atoms with E-state index in [2.05, 4.69) is 36.0 Å². The zero-order valence-electron chi connectivity index (χ0n) is 17.1. The molecule has 0 unspecified atom stereocenters. The van der Waals surface area contributed by atoms with Crippen LogP contribution in [0.4, 0.5) is 19.0 Å². The fraction of sp³-hybridized carbons (Fsp3) is 0.429. The van der Waals surface area contributed by atoms with Crippen molar-refractivity contribution in [3.05, 3.63) is 50.9 Å². The fourth-order valence-electron chi connectivity index (χ4n) is 3.98. The van der Waals surface area contributed by atoms with Crippen molar-refractivity contribution in [1.29, 1.82) is 0 Å². The number of rotatable bonds is 6. The number of hydrogen-bond acceptors (Lipinski definition) is 5. The number of fused-ring (bicyclic) bond motifs is 1. The molecule has 0 aliphatic heterocycles. The van der Waals surface area contributed by atoms with Gasteiger partial charge in [0.05, 0.1) is 12.1 Å². The van der Waals surface area contributed by atoms with Crippen molar-refractivity contribution in [2.45, 2.75) is 44.6 Å². The average molecular weight is 514 g/mol. The number of hydrogen-bond donors (Lipinski definition) is 3. The number of halogens is 4. The van der Waals surface area contributed by atoms with Crippen LogP contribution in [0.15, 0.2) is 39.6 Å². The summed E-state index contributed by atoms with van der Waals surface area (Å²) in [4.78, 5) is 19.8. The molecule has 0 atom stereocenters. The number of alkyl halides is 3. The van der Waals surface area contributed by atoms with Gasteiger partial charge >= 0.3 is 12.1 Å². The molecule has 4 rings (SSSR count). The topological polar surface area (TPSA) is 98.0 Å². The molecule has 2 aromatic heterocycles. The van der Waals surface area contributed by atoms with Gasteiger partial charge in [0.1, 0.15) is 11.6 Å². The van der Waals surface area contributed by atoms with Crippen LogP contribution in [0.5, 0.6) is 5.75 Å². The lowest BCUT2D eigenvalue weighted by molar-refractivity contribution is -0.274. The lowest BCUT2D eigenvalue weighted by atomic mass is 9.86. The molecule has 0 amide bonds. The van der Waals surface area contributed by atoms with Crippen LogP contribution in [0.1, 0.15) is 31.2 Å². The number of ether oxygens (including phenoxy) is 1. The van der Waals surface area contributed by atoms with Crippen LogP contribution < -0.4 is 21.5 Å². The van der Waals surface area contributed by atoms with E-state index >= 15 is 0 Å². The van der Waals surface area contributed by atoms with Crippen molar-refractivity contribution in [3.8, 4) is 5.75 Å². The van der Waals surface area contributed by atoms with E-state index in [0.717, 1.165) is 32.2 Å². The molecule has 32 heavy (non-hydrogen) atoms. The number of benzene rings is 1. The summed E-state index contributed by atoms with van der Waals surface area (Å²) >= 11 is 3.26. The van der Waals surface area contributed by atoms with Gasteiger partial charge in [-0.15, -0.1) is 13.2 Å². The predicted molar refractivity (Wildman–Crippen MR) is 119 cm³/mol. The second-order valence-electron chi connectivity index (χ2n) is 8.05. The number of nitrogens with two attached hydrogens (primary N) is 1. The third-order valence-corrected chi connectivity index (χ3v) is 6.15. The van der Waals surface area contributed by atoms with E-state index in [-0.39, 0.29) is 23.9 Å². The van der Waals surface area contributed by atoms with Crippen molar-refractivity contribution in [1.82, 2.24) is 14.5 Å². The molecule has 1 aliphatic carbocycles. The van der Waals surface area contributed by atoms with Gasteiger partial charge in [-0.2, -0.15) is 0 Å². The van der Waals surface area contributed by atoms with E-state index in [1.54, 1.807) is 12.1 Å². The Hall–Kier alpha value is -2.53. The van der Waals surface area contributed by atoms with Crippen LogP contribution in [0, 0.1) is 5.92 Å². The Labute approximate surface area is 190 Å². The normalized spacial score (nSPS) is 19.3. The minimum Gasteiger partial charge on any atom is -0.405 e. The molecule has 1 fully saturated rings. The zero-order chi connectivity index (χ0) is 22.9. The van der Waals surface area contributed by atoms with Crippen molar-refractivity contribution in [3.63, 3.8) is 0 Å². The maximum absolute atomic E-state index is 12.8. The molecule has 172 valence electrons. The molecule has 1 aliphatic rings. The fourth-order valence-corrected chi connectivity index (χ4v) is 4.39. The van der Waals surface area contributed by atoms with Gasteiger partial charge in [0.2, 0.25) is 0 Å². The largest absolute Gasteiger partial charge is 0.573 e. The Balaban J connectivity index is 1.58. The number of anilines is 1. The van der Waals surface area contributed by atoms with Crippen molar-refractivity contribution in [2.24, 2.45) is 11.7 Å². The van der Waals surface area contributed by atoms with Gasteiger partial charge < -0.3 is 20.8 Å². The van der Waals surface area contributed by atoms with Gasteiger partial charge in [0.25, 0.3) is 0 Å². The van der Waals surface area contributed by atoms with Crippen LogP contribution >= 0.6 is 15.9 Å². The molecule has 3 aromatic rings. The summed E-state index contributed by atoms with van der Waals surface area (Å²) in [6.07, 6.45) is -0.728. The molecule has 11 heteroatoms. The third-order valence-electron chi connectivity index (χ3n) is 5.66. The van der Waals surface area contributed by atoms with Crippen LogP contribution in [0.2, 0.25) is 0 Å². The molecule has 2 heterocycles. The van der Waals surface area contributed by atoms with Crippen molar-refractivity contribution in [2.75, 3.05) is 11.9 Å². The second-order valence-corrected chi connectivity index (χ2v) is 8.96. The lowest BCUT2D eigenvalue weighted by Gasteiger charge is -2.26. The monoisotopic (exact) mass is 513 g/mol. The average Bonchev–Trinajstić information content (AvgIpc) is 3.03. The highest BCUT2D eigenvalue weighted by Crippen LogP contribution is 2.30. The first-order chi connectivity index (χ1) is 15.2. The quantitative estimate of drug-likeness (QED) is 0.454. The molecule has 1 aromatic carbocycles. The van der Waals surface area contributed by atoms with Gasteiger partial charge in [0, 0.05) is 22.6 Å². The van der Waals surface area contributed by atoms with Gasteiger partial charge in [-0.1, -0.05) is 15.9 Å². The summed E-state index contributed by atoms with van der Waals surface area (Å²) in [6, 6.07) is 7.92. The third kappa shape index (κ3) is 5.44. The van der Waals surface area contributed by atoms with Crippen LogP contribution in [-0.2, 0) is 6.54 Å². The van der Waals surface area contributed by atoms with Gasteiger partial charge in [0.15, 0.2) is 5.65 Å². The molecule has 0 bridgehead atoms. The van der Waals surface area contributed by atoms with Crippen LogP contribution in [0.3, 0.4) is 0 Å².